The first-order valence-electron chi connectivity index (χ1n) is 9.21. The zero-order valence-electron chi connectivity index (χ0n) is 16.9. The molecule has 0 spiro atoms. The maximum absolute atomic E-state index is 14.3. The topological polar surface area (TPSA) is 109 Å². The monoisotopic (exact) mass is 477 g/mol. The number of benzene rings is 1. The second-order valence-corrected chi connectivity index (χ2v) is 10.1. The molecule has 174 valence electrons. The normalized spacial score (nSPS) is 16.1. The molecule has 0 saturated carbocycles. The van der Waals surface area contributed by atoms with Gasteiger partial charge in [0.2, 0.25) is 0 Å². The molecule has 2 amide bonds. The highest BCUT2D eigenvalue weighted by atomic mass is 32.2. The Kier molecular flexibility index (Phi) is 5.85. The van der Waals surface area contributed by atoms with Crippen molar-refractivity contribution in [2.24, 2.45) is 0 Å². The van der Waals surface area contributed by atoms with Gasteiger partial charge in [-0.15, -0.1) is 0 Å². The Hall–Kier alpha value is -2.93. The third kappa shape index (κ3) is 4.09. The Balaban J connectivity index is 1.79. The van der Waals surface area contributed by atoms with Gasteiger partial charge < -0.3 is 4.90 Å². The van der Waals surface area contributed by atoms with Gasteiger partial charge in [-0.2, -0.15) is 13.2 Å². The summed E-state index contributed by atoms with van der Waals surface area (Å²) in [5, 5.41) is 8.87. The Morgan fingerprint density at radius 2 is 1.91 bits per heavy atom. The summed E-state index contributed by atoms with van der Waals surface area (Å²) >= 11 is 0. The van der Waals surface area contributed by atoms with Crippen molar-refractivity contribution in [2.45, 2.75) is 30.8 Å². The van der Waals surface area contributed by atoms with E-state index in [1.54, 1.807) is 0 Å². The van der Waals surface area contributed by atoms with Crippen LogP contribution in [0, 0.1) is 5.82 Å². The number of nitrogens with zero attached hydrogens (tertiary/aromatic N) is 2. The van der Waals surface area contributed by atoms with E-state index >= 15 is 0 Å². The van der Waals surface area contributed by atoms with Crippen LogP contribution >= 0.6 is 0 Å². The van der Waals surface area contributed by atoms with E-state index in [0.29, 0.717) is 11.8 Å². The number of aromatic nitrogens is 1. The molecule has 0 saturated heterocycles. The molecule has 0 radical (unpaired) electrons. The molecule has 1 aromatic heterocycles. The Bertz CT molecular complexity index is 1190. The number of hydroxylamine groups is 1. The van der Waals surface area contributed by atoms with Gasteiger partial charge in [0.1, 0.15) is 5.82 Å². The predicted octanol–water partition coefficient (Wildman–Crippen LogP) is 2.80. The average molecular weight is 477 g/mol. The van der Waals surface area contributed by atoms with Gasteiger partial charge in [-0.25, -0.2) is 23.1 Å². The van der Waals surface area contributed by atoms with E-state index in [2.05, 4.69) is 0 Å². The third-order valence-corrected chi connectivity index (χ3v) is 7.62. The molecule has 1 aliphatic heterocycles. The number of carbonyl (C=O) groups excluding carboxylic acids is 2. The van der Waals surface area contributed by atoms with E-state index in [1.165, 1.54) is 27.2 Å². The summed E-state index contributed by atoms with van der Waals surface area (Å²) < 4.78 is 75.7. The Morgan fingerprint density at radius 3 is 2.41 bits per heavy atom. The van der Waals surface area contributed by atoms with Gasteiger partial charge in [0.05, 0.1) is 12.1 Å². The predicted molar refractivity (Wildman–Crippen MR) is 104 cm³/mol. The molecule has 1 aromatic carbocycles. The molecule has 13 heteroatoms. The first kappa shape index (κ1) is 23.7. The molecule has 2 heterocycles. The lowest BCUT2D eigenvalue weighted by Crippen LogP contribution is -2.50. The number of alkyl halides is 3. The van der Waals surface area contributed by atoms with E-state index in [-0.39, 0.29) is 30.6 Å². The fraction of sp³-hybridized carbons (Fsp3) is 0.368. The SMILES string of the molecule is CC(CCN1Cc2cc(-c3ccc(C(F)(F)F)cc3F)cn2C1=O)(C(=O)NO)S(C)(=O)=O. The fourth-order valence-electron chi connectivity index (χ4n) is 3.41. The van der Waals surface area contributed by atoms with Crippen LogP contribution in [-0.2, 0) is 27.4 Å². The maximum atomic E-state index is 14.3. The quantitative estimate of drug-likeness (QED) is 0.378. The van der Waals surface area contributed by atoms with Crippen molar-refractivity contribution in [2.75, 3.05) is 12.8 Å². The summed E-state index contributed by atoms with van der Waals surface area (Å²) in [6.45, 7) is 1.00. The highest BCUT2D eigenvalue weighted by molar-refractivity contribution is 7.92. The van der Waals surface area contributed by atoms with Crippen molar-refractivity contribution < 1.29 is 40.8 Å². The van der Waals surface area contributed by atoms with Crippen LogP contribution in [0.4, 0.5) is 22.4 Å². The van der Waals surface area contributed by atoms with Gasteiger partial charge in [0, 0.05) is 35.8 Å². The number of halogens is 4. The van der Waals surface area contributed by atoms with E-state index in [1.807, 2.05) is 0 Å². The van der Waals surface area contributed by atoms with Gasteiger partial charge in [-0.05, 0) is 31.5 Å². The third-order valence-electron chi connectivity index (χ3n) is 5.60. The lowest BCUT2D eigenvalue weighted by Gasteiger charge is -2.27. The van der Waals surface area contributed by atoms with Crippen LogP contribution in [0.3, 0.4) is 0 Å². The fourth-order valence-corrected chi connectivity index (χ4v) is 4.25. The van der Waals surface area contributed by atoms with Crippen molar-refractivity contribution in [1.29, 1.82) is 0 Å². The van der Waals surface area contributed by atoms with Crippen LogP contribution in [0.25, 0.3) is 11.1 Å². The largest absolute Gasteiger partial charge is 0.416 e. The molecule has 3 rings (SSSR count). The lowest BCUT2D eigenvalue weighted by molar-refractivity contribution is -0.137. The number of rotatable bonds is 6. The standard InChI is InChI=1S/C19H19F4N3O5S/c1-18(16(27)24-29,32(2,30)31)5-6-25-10-13-7-11(9-26(13)17(25)28)14-4-3-12(8-15(14)20)19(21,22)23/h3-4,7-9,29H,5-6,10H2,1-2H3,(H,24,27). The van der Waals surface area contributed by atoms with Crippen LogP contribution in [-0.4, -0.2) is 52.6 Å². The molecule has 1 atom stereocenters. The van der Waals surface area contributed by atoms with Gasteiger partial charge in [0.15, 0.2) is 14.6 Å². The summed E-state index contributed by atoms with van der Waals surface area (Å²) in [6.07, 6.45) is -2.87. The van der Waals surface area contributed by atoms with Gasteiger partial charge >= 0.3 is 12.2 Å². The maximum Gasteiger partial charge on any atom is 0.416 e. The molecule has 1 unspecified atom stereocenters. The van der Waals surface area contributed by atoms with Gasteiger partial charge in [0.25, 0.3) is 5.91 Å². The van der Waals surface area contributed by atoms with Crippen molar-refractivity contribution in [3.63, 3.8) is 0 Å². The number of amides is 2. The minimum atomic E-state index is -4.69. The van der Waals surface area contributed by atoms with Crippen molar-refractivity contribution in [3.8, 4) is 11.1 Å². The first-order valence-corrected chi connectivity index (χ1v) is 11.1. The van der Waals surface area contributed by atoms with Crippen LogP contribution in [0.2, 0.25) is 0 Å². The highest BCUT2D eigenvalue weighted by Gasteiger charge is 2.44. The van der Waals surface area contributed by atoms with Crippen molar-refractivity contribution in [1.82, 2.24) is 14.9 Å². The second-order valence-electron chi connectivity index (χ2n) is 7.68. The molecular formula is C19H19F4N3O5S. The number of carbonyl (C=O) groups is 2. The van der Waals surface area contributed by atoms with Crippen LogP contribution in [0.15, 0.2) is 30.5 Å². The summed E-state index contributed by atoms with van der Waals surface area (Å²) in [5.41, 5.74) is 0.706. The molecular weight excluding hydrogens is 458 g/mol. The van der Waals surface area contributed by atoms with E-state index in [4.69, 9.17) is 5.21 Å². The zero-order valence-corrected chi connectivity index (χ0v) is 17.7. The second kappa shape index (κ2) is 7.89. The highest BCUT2D eigenvalue weighted by Crippen LogP contribution is 2.34. The number of sulfone groups is 1. The summed E-state index contributed by atoms with van der Waals surface area (Å²) in [6, 6.07) is 2.98. The lowest BCUT2D eigenvalue weighted by atomic mass is 10.0. The van der Waals surface area contributed by atoms with E-state index < -0.39 is 44.1 Å². The molecule has 2 aromatic rings. The number of nitrogens with one attached hydrogen (secondary N) is 1. The first-order chi connectivity index (χ1) is 14.7. The smallest absolute Gasteiger partial charge is 0.318 e. The minimum absolute atomic E-state index is 0.0155. The minimum Gasteiger partial charge on any atom is -0.318 e. The molecule has 8 nitrogen and oxygen atoms in total. The van der Waals surface area contributed by atoms with Gasteiger partial charge in [-0.3, -0.25) is 14.6 Å². The average Bonchev–Trinajstić information content (AvgIpc) is 3.23. The van der Waals surface area contributed by atoms with Crippen molar-refractivity contribution >= 4 is 21.8 Å². The summed E-state index contributed by atoms with van der Waals surface area (Å²) in [7, 11) is -3.94. The van der Waals surface area contributed by atoms with Gasteiger partial charge in [-0.1, -0.05) is 6.07 Å². The summed E-state index contributed by atoms with van der Waals surface area (Å²) in [4.78, 5) is 25.8. The molecule has 0 fully saturated rings. The molecule has 0 aliphatic carbocycles. The number of hydrogen-bond donors (Lipinski definition) is 2. The molecule has 32 heavy (non-hydrogen) atoms. The number of fused-ring (bicyclic) bond motifs is 1. The molecule has 0 bridgehead atoms. The summed E-state index contributed by atoms with van der Waals surface area (Å²) in [5.74, 6) is -2.22. The Morgan fingerprint density at radius 1 is 1.25 bits per heavy atom. The van der Waals surface area contributed by atoms with Crippen LogP contribution in [0.1, 0.15) is 24.6 Å². The van der Waals surface area contributed by atoms with E-state index in [9.17, 15) is 35.6 Å². The van der Waals surface area contributed by atoms with E-state index in [0.717, 1.165) is 25.3 Å². The van der Waals surface area contributed by atoms with Crippen molar-refractivity contribution in [3.05, 3.63) is 47.5 Å². The molecule has 2 N–H and O–H groups in total. The van der Waals surface area contributed by atoms with Crippen LogP contribution in [0.5, 0.6) is 0 Å². The number of hydrogen-bond acceptors (Lipinski definition) is 5. The van der Waals surface area contributed by atoms with Crippen LogP contribution < -0.4 is 5.48 Å². The zero-order chi connectivity index (χ0) is 24.1. The Labute approximate surface area is 180 Å². The molecule has 1 aliphatic rings.